The molecule has 1 amide bonds. The van der Waals surface area contributed by atoms with Crippen molar-refractivity contribution in [1.29, 1.82) is 0 Å². The maximum absolute atomic E-state index is 11.9. The van der Waals surface area contributed by atoms with Gasteiger partial charge in [0, 0.05) is 38.2 Å². The Morgan fingerprint density at radius 2 is 2.14 bits per heavy atom. The molecule has 0 bridgehead atoms. The molecule has 0 aliphatic carbocycles. The molecule has 2 aliphatic rings. The quantitative estimate of drug-likeness (QED) is 0.833. The zero-order valence-corrected chi connectivity index (χ0v) is 15.4. The molecule has 2 fully saturated rings. The Balaban J connectivity index is 0.000000345. The summed E-state index contributed by atoms with van der Waals surface area (Å²) in [6, 6.07) is 5.64. The van der Waals surface area contributed by atoms with Crippen LogP contribution in [0.5, 0.6) is 5.88 Å². The number of aliphatic carboxylic acids is 1. The maximum atomic E-state index is 11.9. The molecule has 156 valence electrons. The van der Waals surface area contributed by atoms with Gasteiger partial charge in [-0.2, -0.15) is 13.2 Å². The molecule has 0 saturated carbocycles. The van der Waals surface area contributed by atoms with Crippen LogP contribution >= 0.6 is 0 Å². The number of amides is 1. The van der Waals surface area contributed by atoms with Crippen molar-refractivity contribution >= 4 is 11.9 Å². The van der Waals surface area contributed by atoms with E-state index in [1.54, 1.807) is 6.20 Å². The molecule has 28 heavy (non-hydrogen) atoms. The Morgan fingerprint density at radius 1 is 1.43 bits per heavy atom. The third kappa shape index (κ3) is 6.08. The van der Waals surface area contributed by atoms with Crippen LogP contribution in [0.15, 0.2) is 24.4 Å². The van der Waals surface area contributed by atoms with Crippen LogP contribution in [-0.4, -0.2) is 64.4 Å². The van der Waals surface area contributed by atoms with E-state index in [-0.39, 0.29) is 17.6 Å². The van der Waals surface area contributed by atoms with Gasteiger partial charge >= 0.3 is 12.1 Å². The molecule has 10 heteroatoms. The predicted octanol–water partition coefficient (Wildman–Crippen LogP) is 2.65. The second-order valence-electron chi connectivity index (χ2n) is 6.68. The average molecular weight is 404 g/mol. The van der Waals surface area contributed by atoms with Crippen LogP contribution in [0.1, 0.15) is 32.6 Å². The zero-order chi connectivity index (χ0) is 20.8. The minimum atomic E-state index is -5.08. The molecule has 2 atom stereocenters. The fourth-order valence-corrected chi connectivity index (χ4v) is 3.28. The third-order valence-corrected chi connectivity index (χ3v) is 4.54. The van der Waals surface area contributed by atoms with Crippen LogP contribution in [0.25, 0.3) is 0 Å². The van der Waals surface area contributed by atoms with E-state index in [1.165, 1.54) is 0 Å². The summed E-state index contributed by atoms with van der Waals surface area (Å²) in [7, 11) is 0. The lowest BCUT2D eigenvalue weighted by Crippen LogP contribution is -2.50. The summed E-state index contributed by atoms with van der Waals surface area (Å²) in [5.41, 5.74) is -0.220. The molecule has 1 spiro atoms. The Kier molecular flexibility index (Phi) is 7.22. The Labute approximate surface area is 160 Å². The van der Waals surface area contributed by atoms with Crippen LogP contribution in [0.4, 0.5) is 13.2 Å². The molecule has 3 heterocycles. The summed E-state index contributed by atoms with van der Waals surface area (Å²) in [5, 5.41) is 7.12. The molecule has 7 nitrogen and oxygen atoms in total. The highest BCUT2D eigenvalue weighted by Gasteiger charge is 2.45. The van der Waals surface area contributed by atoms with Crippen molar-refractivity contribution in [2.24, 2.45) is 0 Å². The molecule has 2 saturated heterocycles. The highest BCUT2D eigenvalue weighted by Crippen LogP contribution is 2.36. The molecular formula is C18H23F3N2O5. The zero-order valence-electron chi connectivity index (χ0n) is 15.4. The second kappa shape index (κ2) is 9.22. The van der Waals surface area contributed by atoms with Crippen molar-refractivity contribution in [3.8, 4) is 5.88 Å². The van der Waals surface area contributed by atoms with Gasteiger partial charge in [-0.1, -0.05) is 13.0 Å². The van der Waals surface area contributed by atoms with Crippen LogP contribution in [0.2, 0.25) is 0 Å². The first-order valence-electron chi connectivity index (χ1n) is 8.95. The normalized spacial score (nSPS) is 24.4. The van der Waals surface area contributed by atoms with Crippen molar-refractivity contribution in [2.45, 2.75) is 50.5 Å². The highest BCUT2D eigenvalue weighted by molar-refractivity contribution is 5.76. The van der Waals surface area contributed by atoms with Gasteiger partial charge in [-0.25, -0.2) is 9.78 Å². The number of carboxylic acids is 1. The summed E-state index contributed by atoms with van der Waals surface area (Å²) in [4.78, 5) is 26.9. The largest absolute Gasteiger partial charge is 0.490 e. The van der Waals surface area contributed by atoms with Crippen molar-refractivity contribution in [2.75, 3.05) is 19.7 Å². The Bertz CT molecular complexity index is 671. The fourth-order valence-electron chi connectivity index (χ4n) is 3.28. The van der Waals surface area contributed by atoms with Crippen molar-refractivity contribution in [3.05, 3.63) is 24.4 Å². The van der Waals surface area contributed by atoms with Gasteiger partial charge in [-0.15, -0.1) is 0 Å². The molecule has 1 aromatic heterocycles. The second-order valence-corrected chi connectivity index (χ2v) is 6.68. The van der Waals surface area contributed by atoms with Crippen molar-refractivity contribution in [1.82, 2.24) is 9.88 Å². The number of likely N-dealkylation sites (tertiary alicyclic amines) is 1. The lowest BCUT2D eigenvalue weighted by molar-refractivity contribution is -0.192. The summed E-state index contributed by atoms with van der Waals surface area (Å²) in [6.45, 7) is 4.03. The number of nitrogens with zero attached hydrogens (tertiary/aromatic N) is 2. The number of halogens is 3. The number of carbonyl (C=O) groups is 2. The lowest BCUT2D eigenvalue weighted by atomic mass is 9.89. The third-order valence-electron chi connectivity index (χ3n) is 4.54. The van der Waals surface area contributed by atoms with Gasteiger partial charge in [0.25, 0.3) is 0 Å². The summed E-state index contributed by atoms with van der Waals surface area (Å²) >= 11 is 0. The van der Waals surface area contributed by atoms with Crippen LogP contribution < -0.4 is 4.74 Å². The molecule has 0 aromatic carbocycles. The molecule has 0 radical (unpaired) electrons. The van der Waals surface area contributed by atoms with E-state index >= 15 is 0 Å². The van der Waals surface area contributed by atoms with Crippen molar-refractivity contribution < 1.29 is 37.3 Å². The molecule has 1 aromatic rings. The number of ether oxygens (including phenoxy) is 2. The minimum Gasteiger partial charge on any atom is -0.475 e. The standard InChI is InChI=1S/C16H22N2O3.C2HF3O2/c1-2-15(19)18-9-5-7-16(12-18)10-13(11-20-16)21-14-6-3-4-8-17-14;3-2(4,5)1(6)7/h3-4,6,8,13H,2,5,7,9-12H2,1H3;(H,6,7)/t13-,16-;/m0./s1. The predicted molar refractivity (Wildman–Crippen MR) is 91.7 cm³/mol. The highest BCUT2D eigenvalue weighted by atomic mass is 19.4. The van der Waals surface area contributed by atoms with Crippen LogP contribution in [0.3, 0.4) is 0 Å². The van der Waals surface area contributed by atoms with E-state index in [4.69, 9.17) is 19.4 Å². The van der Waals surface area contributed by atoms with Crippen LogP contribution in [-0.2, 0) is 14.3 Å². The first kappa shape index (κ1) is 21.9. The van der Waals surface area contributed by atoms with E-state index in [9.17, 15) is 18.0 Å². The van der Waals surface area contributed by atoms with Gasteiger partial charge in [-0.05, 0) is 18.9 Å². The van der Waals surface area contributed by atoms with Gasteiger partial charge in [-0.3, -0.25) is 4.79 Å². The number of alkyl halides is 3. The number of hydrogen-bond acceptors (Lipinski definition) is 5. The van der Waals surface area contributed by atoms with Gasteiger partial charge in [0.15, 0.2) is 0 Å². The molecule has 0 unspecified atom stereocenters. The van der Waals surface area contributed by atoms with Gasteiger partial charge in [0.1, 0.15) is 6.10 Å². The number of piperidine rings is 1. The minimum absolute atomic E-state index is 0.0246. The van der Waals surface area contributed by atoms with E-state index < -0.39 is 12.1 Å². The molecular weight excluding hydrogens is 381 g/mol. The summed E-state index contributed by atoms with van der Waals surface area (Å²) in [6.07, 6.45) is 0.0611. The van der Waals surface area contributed by atoms with E-state index in [2.05, 4.69) is 4.98 Å². The van der Waals surface area contributed by atoms with Gasteiger partial charge < -0.3 is 19.5 Å². The monoisotopic (exact) mass is 404 g/mol. The smallest absolute Gasteiger partial charge is 0.475 e. The molecule has 3 rings (SSSR count). The average Bonchev–Trinajstić information content (AvgIpc) is 3.03. The molecule has 2 aliphatic heterocycles. The SMILES string of the molecule is CCC(=O)N1CCC[C@]2(C[C@H](Oc3ccccn3)CO2)C1.O=C(O)C(F)(F)F. The summed E-state index contributed by atoms with van der Waals surface area (Å²) in [5.74, 6) is -1.90. The number of pyridine rings is 1. The van der Waals surface area contributed by atoms with Gasteiger partial charge in [0.2, 0.25) is 11.8 Å². The maximum Gasteiger partial charge on any atom is 0.490 e. The van der Waals surface area contributed by atoms with Gasteiger partial charge in [0.05, 0.1) is 12.2 Å². The van der Waals surface area contributed by atoms with Crippen molar-refractivity contribution in [3.63, 3.8) is 0 Å². The number of carboxylic acid groups (broad SMARTS) is 1. The Hall–Kier alpha value is -2.36. The number of aromatic nitrogens is 1. The van der Waals surface area contributed by atoms with E-state index in [0.29, 0.717) is 25.5 Å². The number of rotatable bonds is 3. The first-order valence-corrected chi connectivity index (χ1v) is 8.95. The van der Waals surface area contributed by atoms with Crippen LogP contribution in [0, 0.1) is 0 Å². The topological polar surface area (TPSA) is 89.0 Å². The first-order chi connectivity index (χ1) is 13.1. The molecule has 1 N–H and O–H groups in total. The Morgan fingerprint density at radius 3 is 2.71 bits per heavy atom. The van der Waals surface area contributed by atoms with E-state index in [1.807, 2.05) is 30.0 Å². The lowest BCUT2D eigenvalue weighted by Gasteiger charge is -2.39. The number of carbonyl (C=O) groups excluding carboxylic acids is 1. The van der Waals surface area contributed by atoms with E-state index in [0.717, 1.165) is 25.8 Å². The summed E-state index contributed by atoms with van der Waals surface area (Å²) < 4.78 is 43.7. The fraction of sp³-hybridized carbons (Fsp3) is 0.611. The number of hydrogen-bond donors (Lipinski definition) is 1.